The summed E-state index contributed by atoms with van der Waals surface area (Å²) in [6.07, 6.45) is 8.83. The molecule has 1 aliphatic heterocycles. The summed E-state index contributed by atoms with van der Waals surface area (Å²) in [5, 5.41) is 2.22. The first-order chi connectivity index (χ1) is 23.2. The number of aryl methyl sites for hydroxylation is 1. The average molecular weight is 607 g/mol. The van der Waals surface area contributed by atoms with Crippen molar-refractivity contribution >= 4 is 33.7 Å². The topological polar surface area (TPSA) is 24.8 Å². The first-order valence-electron chi connectivity index (χ1n) is 16.0. The average Bonchev–Trinajstić information content (AvgIpc) is 3.49. The Balaban J connectivity index is 1.45. The SMILES string of the molecule is C[n+]1ccccc1-c1c(C2=Cc3ccccc3-c3cccc[n+]3Cc3ccccc3-c3cccc[n+]32)ccc2c1oc1ccccc12. The molecule has 0 spiro atoms. The van der Waals surface area contributed by atoms with Gasteiger partial charge in [0.25, 0.3) is 0 Å². The molecule has 0 atom stereocenters. The third-order valence-electron chi connectivity index (χ3n) is 9.36. The fraction of sp³-hybridized carbons (Fsp3) is 0.0465. The van der Waals surface area contributed by atoms with Crippen LogP contribution in [0.3, 0.4) is 0 Å². The maximum atomic E-state index is 6.75. The largest absolute Gasteiger partial charge is 0.455 e. The Morgan fingerprint density at radius 2 is 1.23 bits per heavy atom. The number of aromatic nitrogens is 3. The van der Waals surface area contributed by atoms with Gasteiger partial charge in [0.2, 0.25) is 22.8 Å². The van der Waals surface area contributed by atoms with E-state index in [-0.39, 0.29) is 0 Å². The molecule has 0 amide bonds. The highest BCUT2D eigenvalue weighted by Crippen LogP contribution is 2.40. The number of pyridine rings is 3. The molecule has 4 heteroatoms. The van der Waals surface area contributed by atoms with Gasteiger partial charge in [-0.05, 0) is 54.1 Å². The second-order valence-electron chi connectivity index (χ2n) is 12.1. The van der Waals surface area contributed by atoms with Gasteiger partial charge >= 0.3 is 0 Å². The Morgan fingerprint density at radius 1 is 0.532 bits per heavy atom. The molecule has 222 valence electrons. The van der Waals surface area contributed by atoms with Gasteiger partial charge in [-0.2, -0.15) is 9.13 Å². The zero-order valence-corrected chi connectivity index (χ0v) is 26.0. The third-order valence-corrected chi connectivity index (χ3v) is 9.36. The molecular weight excluding hydrogens is 574 g/mol. The maximum absolute atomic E-state index is 6.75. The lowest BCUT2D eigenvalue weighted by Gasteiger charge is -2.13. The van der Waals surface area contributed by atoms with E-state index in [9.17, 15) is 0 Å². The molecule has 0 fully saturated rings. The Hall–Kier alpha value is -6.13. The van der Waals surface area contributed by atoms with Crippen LogP contribution in [0.1, 0.15) is 16.7 Å². The van der Waals surface area contributed by atoms with Crippen molar-refractivity contribution in [2.45, 2.75) is 6.54 Å². The lowest BCUT2D eigenvalue weighted by molar-refractivity contribution is -0.677. The number of nitrogens with zero attached hydrogens (tertiary/aromatic N) is 3. The van der Waals surface area contributed by atoms with Crippen LogP contribution in [0.5, 0.6) is 0 Å². The van der Waals surface area contributed by atoms with Crippen molar-refractivity contribution in [3.8, 4) is 33.8 Å². The Bertz CT molecular complexity index is 2520. The minimum absolute atomic E-state index is 0.751. The highest BCUT2D eigenvalue weighted by Gasteiger charge is 2.31. The zero-order valence-electron chi connectivity index (χ0n) is 26.0. The van der Waals surface area contributed by atoms with Crippen molar-refractivity contribution in [1.29, 1.82) is 0 Å². The monoisotopic (exact) mass is 606 g/mol. The van der Waals surface area contributed by atoms with E-state index in [1.165, 1.54) is 22.4 Å². The molecule has 0 N–H and O–H groups in total. The molecule has 0 saturated heterocycles. The van der Waals surface area contributed by atoms with Crippen LogP contribution in [0.25, 0.3) is 67.5 Å². The first kappa shape index (κ1) is 27.2. The molecule has 1 aliphatic rings. The van der Waals surface area contributed by atoms with E-state index in [1.54, 1.807) is 0 Å². The second-order valence-corrected chi connectivity index (χ2v) is 12.1. The molecule has 4 aromatic heterocycles. The first-order valence-corrected chi connectivity index (χ1v) is 16.0. The van der Waals surface area contributed by atoms with E-state index in [2.05, 4.69) is 179 Å². The van der Waals surface area contributed by atoms with Crippen molar-refractivity contribution in [3.63, 3.8) is 0 Å². The number of rotatable bonds is 2. The summed E-state index contributed by atoms with van der Waals surface area (Å²) in [5.74, 6) is 0. The minimum Gasteiger partial charge on any atom is -0.455 e. The summed E-state index contributed by atoms with van der Waals surface area (Å²) in [7, 11) is 2.10. The molecule has 4 aromatic carbocycles. The number of fused-ring (bicyclic) bond motifs is 9. The smallest absolute Gasteiger partial charge is 0.220 e. The predicted octanol–water partition coefficient (Wildman–Crippen LogP) is 8.39. The molecule has 5 heterocycles. The maximum Gasteiger partial charge on any atom is 0.220 e. The zero-order chi connectivity index (χ0) is 31.3. The van der Waals surface area contributed by atoms with E-state index in [1.807, 2.05) is 6.07 Å². The standard InChI is InChI=1S/C43H32N3O/c1-44-25-11-8-21-39(44)42-36(24-23-35-34-18-6-7-22-41(34)47-43(35)42)40-28-30-14-2-4-16-32(30)37-19-9-12-26-45(37)29-31-15-3-5-17-33(31)38-20-10-13-27-46(38)40/h2-28H,29H2,1H3/q+3. The van der Waals surface area contributed by atoms with Gasteiger partial charge in [0.1, 0.15) is 23.8 Å². The summed E-state index contributed by atoms with van der Waals surface area (Å²) >= 11 is 0. The number of para-hydroxylation sites is 1. The van der Waals surface area contributed by atoms with Crippen molar-refractivity contribution in [2.75, 3.05) is 0 Å². The van der Waals surface area contributed by atoms with E-state index < -0.39 is 0 Å². The summed E-state index contributed by atoms with van der Waals surface area (Å²) in [4.78, 5) is 0. The molecule has 8 aromatic rings. The van der Waals surface area contributed by atoms with E-state index in [0.717, 1.165) is 62.3 Å². The number of hydrogen-bond donors (Lipinski definition) is 0. The van der Waals surface area contributed by atoms with Crippen molar-refractivity contribution in [1.82, 2.24) is 0 Å². The molecule has 0 bridgehead atoms. The molecule has 0 unspecified atom stereocenters. The minimum atomic E-state index is 0.751. The van der Waals surface area contributed by atoms with Gasteiger partial charge < -0.3 is 4.42 Å². The normalized spacial score (nSPS) is 12.4. The lowest BCUT2D eigenvalue weighted by atomic mass is 9.94. The van der Waals surface area contributed by atoms with Crippen LogP contribution in [0, 0.1) is 0 Å². The summed E-state index contributed by atoms with van der Waals surface area (Å²) < 4.78 is 13.7. The van der Waals surface area contributed by atoms with E-state index >= 15 is 0 Å². The van der Waals surface area contributed by atoms with Gasteiger partial charge in [0, 0.05) is 58.8 Å². The molecule has 4 nitrogen and oxygen atoms in total. The van der Waals surface area contributed by atoms with Gasteiger partial charge in [-0.15, -0.1) is 0 Å². The Labute approximate surface area is 273 Å². The number of hydrogen-bond acceptors (Lipinski definition) is 1. The van der Waals surface area contributed by atoms with Gasteiger partial charge in [-0.3, -0.25) is 0 Å². The van der Waals surface area contributed by atoms with Crippen LogP contribution < -0.4 is 13.7 Å². The van der Waals surface area contributed by atoms with Crippen molar-refractivity contribution in [3.05, 3.63) is 175 Å². The molecular formula is C43H32N3O+3. The second kappa shape index (κ2) is 11.0. The molecule has 0 radical (unpaired) electrons. The van der Waals surface area contributed by atoms with Crippen LogP contribution >= 0.6 is 0 Å². The van der Waals surface area contributed by atoms with E-state index in [4.69, 9.17) is 4.42 Å². The fourth-order valence-electron chi connectivity index (χ4n) is 7.14. The highest BCUT2D eigenvalue weighted by molar-refractivity contribution is 6.11. The Morgan fingerprint density at radius 3 is 2.13 bits per heavy atom. The van der Waals surface area contributed by atoms with Gasteiger partial charge in [0.05, 0.1) is 16.7 Å². The van der Waals surface area contributed by atoms with Gasteiger partial charge in [0.15, 0.2) is 25.1 Å². The van der Waals surface area contributed by atoms with Crippen molar-refractivity contribution in [2.24, 2.45) is 7.05 Å². The summed E-state index contributed by atoms with van der Waals surface area (Å²) in [6.45, 7) is 0.751. The Kier molecular flexibility index (Phi) is 6.39. The van der Waals surface area contributed by atoms with Crippen LogP contribution in [0.2, 0.25) is 0 Å². The van der Waals surface area contributed by atoms with Crippen LogP contribution in [0.15, 0.2) is 163 Å². The number of benzene rings is 4. The highest BCUT2D eigenvalue weighted by atomic mass is 16.3. The predicted molar refractivity (Wildman–Crippen MR) is 187 cm³/mol. The van der Waals surface area contributed by atoms with Crippen LogP contribution in [-0.4, -0.2) is 0 Å². The van der Waals surface area contributed by atoms with Crippen LogP contribution in [-0.2, 0) is 13.6 Å². The lowest BCUT2D eigenvalue weighted by Crippen LogP contribution is -2.38. The third kappa shape index (κ3) is 4.49. The van der Waals surface area contributed by atoms with Gasteiger partial charge in [-0.25, -0.2) is 4.57 Å². The fourth-order valence-corrected chi connectivity index (χ4v) is 7.14. The van der Waals surface area contributed by atoms with E-state index in [0.29, 0.717) is 0 Å². The summed E-state index contributed by atoms with van der Waals surface area (Å²) in [5.41, 5.74) is 13.1. The molecule has 0 saturated carbocycles. The van der Waals surface area contributed by atoms with Crippen LogP contribution in [0.4, 0.5) is 0 Å². The molecule has 0 aliphatic carbocycles. The summed E-state index contributed by atoms with van der Waals surface area (Å²) in [6, 6.07) is 49.6. The number of furan rings is 1. The quantitative estimate of drug-likeness (QED) is 0.182. The molecule has 47 heavy (non-hydrogen) atoms. The van der Waals surface area contributed by atoms with Crippen molar-refractivity contribution < 1.29 is 18.1 Å². The van der Waals surface area contributed by atoms with Gasteiger partial charge in [-0.1, -0.05) is 54.6 Å². The molecule has 9 rings (SSSR count).